The molecular formula is C15H18N4O2. The summed E-state index contributed by atoms with van der Waals surface area (Å²) in [6.07, 6.45) is 5.73. The van der Waals surface area contributed by atoms with Crippen LogP contribution in [-0.2, 0) is 11.3 Å². The number of aromatic nitrogens is 4. The van der Waals surface area contributed by atoms with Gasteiger partial charge in [-0.15, -0.1) is 0 Å². The highest BCUT2D eigenvalue weighted by Crippen LogP contribution is 2.18. The van der Waals surface area contributed by atoms with E-state index in [1.807, 2.05) is 57.2 Å². The molecule has 0 atom stereocenters. The molecule has 6 heteroatoms. The summed E-state index contributed by atoms with van der Waals surface area (Å²) in [5, 5.41) is 9.59. The van der Waals surface area contributed by atoms with Crippen molar-refractivity contribution in [1.29, 1.82) is 0 Å². The van der Waals surface area contributed by atoms with Crippen molar-refractivity contribution in [2.45, 2.75) is 27.4 Å². The first-order chi connectivity index (χ1) is 10.1. The average molecular weight is 286 g/mol. The van der Waals surface area contributed by atoms with Crippen molar-refractivity contribution >= 4 is 0 Å². The number of aryl methyl sites for hydroxylation is 1. The molecule has 0 aliphatic rings. The number of allylic oxidation sites excluding steroid dienone is 4. The molecule has 1 N–H and O–H groups in total. The fourth-order valence-electron chi connectivity index (χ4n) is 1.89. The summed E-state index contributed by atoms with van der Waals surface area (Å²) in [4.78, 5) is 11.7. The van der Waals surface area contributed by atoms with Gasteiger partial charge in [0.05, 0.1) is 11.4 Å². The lowest BCUT2D eigenvalue weighted by molar-refractivity contribution is 0.200. The van der Waals surface area contributed by atoms with Gasteiger partial charge < -0.3 is 4.74 Å². The summed E-state index contributed by atoms with van der Waals surface area (Å²) < 4.78 is 6.96. The minimum Gasteiger partial charge on any atom is -0.493 e. The van der Waals surface area contributed by atoms with Crippen molar-refractivity contribution in [3.63, 3.8) is 0 Å². The summed E-state index contributed by atoms with van der Waals surface area (Å²) >= 11 is 0. The Balaban J connectivity index is 2.31. The molecule has 0 amide bonds. The number of hydrogen-bond acceptors (Lipinski definition) is 4. The second kappa shape index (κ2) is 6.69. The van der Waals surface area contributed by atoms with E-state index in [0.717, 1.165) is 16.9 Å². The van der Waals surface area contributed by atoms with E-state index in [4.69, 9.17) is 4.74 Å². The van der Waals surface area contributed by atoms with E-state index in [1.165, 1.54) is 4.68 Å². The number of tetrazole rings is 1. The van der Waals surface area contributed by atoms with Crippen LogP contribution in [0.25, 0.3) is 5.69 Å². The summed E-state index contributed by atoms with van der Waals surface area (Å²) in [5.41, 5.74) is 2.23. The lowest BCUT2D eigenvalue weighted by Crippen LogP contribution is -2.18. The van der Waals surface area contributed by atoms with Crippen LogP contribution >= 0.6 is 0 Å². The molecule has 6 nitrogen and oxygen atoms in total. The molecule has 2 rings (SSSR count). The number of hydrogen-bond donors (Lipinski definition) is 1. The summed E-state index contributed by atoms with van der Waals surface area (Å²) in [5.74, 6) is 0.801. The Kier molecular flexibility index (Phi) is 4.71. The van der Waals surface area contributed by atoms with Gasteiger partial charge in [-0.3, -0.25) is 0 Å². The molecule has 1 aromatic heterocycles. The Bertz CT molecular complexity index is 725. The SMILES string of the molecule is CC=C/C=C(\C)OCc1c(C)cccc1-n1nn[nH]c1=O. The lowest BCUT2D eigenvalue weighted by atomic mass is 10.1. The smallest absolute Gasteiger partial charge is 0.365 e. The van der Waals surface area contributed by atoms with Crippen LogP contribution in [0.4, 0.5) is 0 Å². The first-order valence-corrected chi connectivity index (χ1v) is 6.65. The zero-order valence-electron chi connectivity index (χ0n) is 12.3. The van der Waals surface area contributed by atoms with Gasteiger partial charge in [-0.05, 0) is 48.9 Å². The van der Waals surface area contributed by atoms with Crippen LogP contribution in [0.3, 0.4) is 0 Å². The van der Waals surface area contributed by atoms with Crippen molar-refractivity contribution in [3.05, 3.63) is 63.8 Å². The highest BCUT2D eigenvalue weighted by atomic mass is 16.5. The van der Waals surface area contributed by atoms with Gasteiger partial charge in [-0.25, -0.2) is 9.89 Å². The van der Waals surface area contributed by atoms with Gasteiger partial charge in [-0.2, -0.15) is 4.68 Å². The van der Waals surface area contributed by atoms with E-state index in [-0.39, 0.29) is 5.69 Å². The second-order valence-electron chi connectivity index (χ2n) is 4.58. The largest absolute Gasteiger partial charge is 0.493 e. The Labute approximate surface area is 122 Å². The van der Waals surface area contributed by atoms with E-state index in [9.17, 15) is 4.79 Å². The molecule has 0 spiro atoms. The fraction of sp³-hybridized carbons (Fsp3) is 0.267. The molecule has 0 saturated heterocycles. The fourth-order valence-corrected chi connectivity index (χ4v) is 1.89. The molecule has 0 fully saturated rings. The van der Waals surface area contributed by atoms with Gasteiger partial charge in [0.1, 0.15) is 6.61 Å². The second-order valence-corrected chi connectivity index (χ2v) is 4.58. The monoisotopic (exact) mass is 286 g/mol. The molecule has 110 valence electrons. The predicted octanol–water partition coefficient (Wildman–Crippen LogP) is 2.26. The van der Waals surface area contributed by atoms with Crippen molar-refractivity contribution in [1.82, 2.24) is 20.2 Å². The quantitative estimate of drug-likeness (QED) is 0.676. The highest BCUT2D eigenvalue weighted by molar-refractivity contribution is 5.44. The van der Waals surface area contributed by atoms with Crippen molar-refractivity contribution in [3.8, 4) is 5.69 Å². The molecule has 0 radical (unpaired) electrons. The summed E-state index contributed by atoms with van der Waals surface area (Å²) in [7, 11) is 0. The molecule has 0 aliphatic heterocycles. The van der Waals surface area contributed by atoms with Gasteiger partial charge in [0.15, 0.2) is 0 Å². The van der Waals surface area contributed by atoms with Crippen LogP contribution in [0, 0.1) is 6.92 Å². The zero-order chi connectivity index (χ0) is 15.2. The zero-order valence-corrected chi connectivity index (χ0v) is 12.3. The number of H-pyrrole nitrogens is 1. The number of nitrogens with zero attached hydrogens (tertiary/aromatic N) is 3. The van der Waals surface area contributed by atoms with E-state index in [2.05, 4.69) is 15.5 Å². The third kappa shape index (κ3) is 3.47. The number of ether oxygens (including phenoxy) is 1. The maximum absolute atomic E-state index is 11.7. The van der Waals surface area contributed by atoms with E-state index in [1.54, 1.807) is 0 Å². The Morgan fingerprint density at radius 1 is 1.48 bits per heavy atom. The number of rotatable bonds is 5. The normalized spacial score (nSPS) is 12.0. The van der Waals surface area contributed by atoms with Gasteiger partial charge in [0.2, 0.25) is 0 Å². The minimum atomic E-state index is -0.372. The standard InChI is InChI=1S/C15H18N4O2/c1-4-5-8-12(3)21-10-13-11(2)7-6-9-14(13)19-15(20)16-17-18-19/h4-9H,10H2,1-3H3,(H,16,18,20)/b5-4?,12-8+. The van der Waals surface area contributed by atoms with Crippen LogP contribution in [0.2, 0.25) is 0 Å². The summed E-state index contributed by atoms with van der Waals surface area (Å²) in [6, 6.07) is 5.66. The maximum atomic E-state index is 11.7. The minimum absolute atomic E-state index is 0.362. The number of nitrogens with one attached hydrogen (secondary N) is 1. The van der Waals surface area contributed by atoms with Gasteiger partial charge in [0.25, 0.3) is 0 Å². The van der Waals surface area contributed by atoms with E-state index < -0.39 is 0 Å². The number of benzene rings is 1. The van der Waals surface area contributed by atoms with Gasteiger partial charge in [0, 0.05) is 5.56 Å². The lowest BCUT2D eigenvalue weighted by Gasteiger charge is -2.12. The molecule has 2 aromatic rings. The molecular weight excluding hydrogens is 268 g/mol. The molecule has 0 saturated carbocycles. The average Bonchev–Trinajstić information content (AvgIpc) is 2.89. The first kappa shape index (κ1) is 14.8. The Morgan fingerprint density at radius 3 is 2.95 bits per heavy atom. The summed E-state index contributed by atoms with van der Waals surface area (Å²) in [6.45, 7) is 6.17. The van der Waals surface area contributed by atoms with E-state index in [0.29, 0.717) is 12.3 Å². The number of aromatic amines is 1. The molecule has 21 heavy (non-hydrogen) atoms. The molecule has 1 heterocycles. The first-order valence-electron chi connectivity index (χ1n) is 6.65. The third-order valence-corrected chi connectivity index (χ3v) is 3.05. The van der Waals surface area contributed by atoms with Crippen LogP contribution in [-0.4, -0.2) is 20.2 Å². The highest BCUT2D eigenvalue weighted by Gasteiger charge is 2.11. The Hall–Kier alpha value is -2.63. The molecule has 0 unspecified atom stereocenters. The molecule has 0 aliphatic carbocycles. The van der Waals surface area contributed by atoms with Crippen LogP contribution in [0.1, 0.15) is 25.0 Å². The third-order valence-electron chi connectivity index (χ3n) is 3.05. The van der Waals surface area contributed by atoms with Crippen LogP contribution < -0.4 is 5.69 Å². The maximum Gasteiger partial charge on any atom is 0.365 e. The van der Waals surface area contributed by atoms with Crippen molar-refractivity contribution < 1.29 is 4.74 Å². The topological polar surface area (TPSA) is 72.8 Å². The molecule has 1 aromatic carbocycles. The van der Waals surface area contributed by atoms with Crippen molar-refractivity contribution in [2.24, 2.45) is 0 Å². The van der Waals surface area contributed by atoms with E-state index >= 15 is 0 Å². The van der Waals surface area contributed by atoms with Crippen LogP contribution in [0.5, 0.6) is 0 Å². The predicted molar refractivity (Wildman–Crippen MR) is 80.1 cm³/mol. The van der Waals surface area contributed by atoms with Crippen LogP contribution in [0.15, 0.2) is 47.0 Å². The van der Waals surface area contributed by atoms with Gasteiger partial charge in [-0.1, -0.05) is 24.3 Å². The van der Waals surface area contributed by atoms with Crippen molar-refractivity contribution in [2.75, 3.05) is 0 Å². The van der Waals surface area contributed by atoms with Gasteiger partial charge >= 0.3 is 5.69 Å². The Morgan fingerprint density at radius 2 is 2.29 bits per heavy atom. The molecule has 0 bridgehead atoms.